The van der Waals surface area contributed by atoms with Gasteiger partial charge in [-0.1, -0.05) is 36.4 Å². The lowest BCUT2D eigenvalue weighted by Crippen LogP contribution is -2.34. The first-order chi connectivity index (χ1) is 15.7. The Hall–Kier alpha value is -4.01. The van der Waals surface area contributed by atoms with Crippen LogP contribution in [0.5, 0.6) is 5.88 Å². The molecule has 5 rings (SSSR count). The lowest BCUT2D eigenvalue weighted by Gasteiger charge is -2.26. The SMILES string of the molecule is O=C1c2ccccc2C(=O)N1C1C(c2cnc(OCC(F)(F)F)c(F)c2)=Cc2ccccc21. The predicted octanol–water partition coefficient (Wildman–Crippen LogP) is 5.05. The maximum atomic E-state index is 14.6. The molecule has 0 N–H and O–H groups in total. The van der Waals surface area contributed by atoms with Gasteiger partial charge in [0.25, 0.3) is 17.7 Å². The van der Waals surface area contributed by atoms with E-state index in [1.165, 1.54) is 0 Å². The number of nitrogens with zero attached hydrogens (tertiary/aromatic N) is 2. The summed E-state index contributed by atoms with van der Waals surface area (Å²) in [5.41, 5.74) is 2.56. The van der Waals surface area contributed by atoms with E-state index in [1.54, 1.807) is 54.6 Å². The number of fused-ring (bicyclic) bond motifs is 2. The van der Waals surface area contributed by atoms with E-state index in [9.17, 15) is 27.2 Å². The van der Waals surface area contributed by atoms with Crippen molar-refractivity contribution in [2.75, 3.05) is 6.61 Å². The van der Waals surface area contributed by atoms with Gasteiger partial charge in [-0.05, 0) is 41.0 Å². The van der Waals surface area contributed by atoms with Crippen molar-refractivity contribution in [3.05, 3.63) is 94.4 Å². The second kappa shape index (κ2) is 7.54. The summed E-state index contributed by atoms with van der Waals surface area (Å²) in [7, 11) is 0. The van der Waals surface area contributed by atoms with Crippen LogP contribution in [0.1, 0.15) is 43.4 Å². The molecule has 9 heteroatoms. The Balaban J connectivity index is 1.55. The van der Waals surface area contributed by atoms with Gasteiger partial charge in [0.05, 0.1) is 17.2 Å². The van der Waals surface area contributed by atoms with Gasteiger partial charge < -0.3 is 4.74 Å². The summed E-state index contributed by atoms with van der Waals surface area (Å²) in [4.78, 5) is 31.1. The highest BCUT2D eigenvalue weighted by Crippen LogP contribution is 2.46. The topological polar surface area (TPSA) is 59.5 Å². The fourth-order valence-electron chi connectivity index (χ4n) is 4.11. The number of carbonyl (C=O) groups excluding carboxylic acids is 2. The summed E-state index contributed by atoms with van der Waals surface area (Å²) >= 11 is 0. The molecule has 0 radical (unpaired) electrons. The molecule has 33 heavy (non-hydrogen) atoms. The molecule has 2 heterocycles. The third-order valence-electron chi connectivity index (χ3n) is 5.49. The summed E-state index contributed by atoms with van der Waals surface area (Å²) in [5.74, 6) is -2.84. The number of carbonyl (C=O) groups is 2. The molecule has 0 fully saturated rings. The van der Waals surface area contributed by atoms with Gasteiger partial charge >= 0.3 is 6.18 Å². The number of benzene rings is 2. The largest absolute Gasteiger partial charge is 0.466 e. The van der Waals surface area contributed by atoms with E-state index in [-0.39, 0.29) is 16.7 Å². The van der Waals surface area contributed by atoms with Crippen LogP contribution in [-0.2, 0) is 0 Å². The molecule has 1 aliphatic heterocycles. The van der Waals surface area contributed by atoms with Crippen molar-refractivity contribution < 1.29 is 31.9 Å². The number of imide groups is 1. The average Bonchev–Trinajstić information content (AvgIpc) is 3.27. The Labute approximate surface area is 184 Å². The fraction of sp³-hybridized carbons (Fsp3) is 0.125. The highest BCUT2D eigenvalue weighted by molar-refractivity contribution is 6.22. The van der Waals surface area contributed by atoms with Crippen molar-refractivity contribution >= 4 is 23.5 Å². The van der Waals surface area contributed by atoms with Crippen LogP contribution in [0.25, 0.3) is 11.6 Å². The van der Waals surface area contributed by atoms with Gasteiger partial charge in [0.2, 0.25) is 0 Å². The normalized spacial score (nSPS) is 17.2. The molecule has 3 aromatic rings. The van der Waals surface area contributed by atoms with Crippen molar-refractivity contribution in [3.63, 3.8) is 0 Å². The van der Waals surface area contributed by atoms with E-state index < -0.39 is 42.3 Å². The molecule has 2 aliphatic rings. The first-order valence-corrected chi connectivity index (χ1v) is 9.87. The van der Waals surface area contributed by atoms with Gasteiger partial charge in [0.15, 0.2) is 12.4 Å². The molecule has 0 spiro atoms. The zero-order valence-corrected chi connectivity index (χ0v) is 16.8. The van der Waals surface area contributed by atoms with E-state index in [0.29, 0.717) is 11.1 Å². The maximum Gasteiger partial charge on any atom is 0.422 e. The van der Waals surface area contributed by atoms with Crippen LogP contribution in [0.2, 0.25) is 0 Å². The van der Waals surface area contributed by atoms with Crippen molar-refractivity contribution in [1.82, 2.24) is 9.88 Å². The van der Waals surface area contributed by atoms with Crippen LogP contribution in [-0.4, -0.2) is 34.5 Å². The lowest BCUT2D eigenvalue weighted by molar-refractivity contribution is -0.154. The van der Waals surface area contributed by atoms with E-state index >= 15 is 0 Å². The molecule has 0 bridgehead atoms. The third kappa shape index (κ3) is 3.55. The number of halogens is 4. The first-order valence-electron chi connectivity index (χ1n) is 9.87. The lowest BCUT2D eigenvalue weighted by atomic mass is 9.97. The third-order valence-corrected chi connectivity index (χ3v) is 5.49. The predicted molar refractivity (Wildman–Crippen MR) is 110 cm³/mol. The molecule has 0 saturated carbocycles. The van der Waals surface area contributed by atoms with Crippen molar-refractivity contribution in [2.24, 2.45) is 0 Å². The maximum absolute atomic E-state index is 14.6. The highest BCUT2D eigenvalue weighted by atomic mass is 19.4. The first kappa shape index (κ1) is 20.9. The van der Waals surface area contributed by atoms with E-state index in [4.69, 9.17) is 0 Å². The molecule has 5 nitrogen and oxygen atoms in total. The Morgan fingerprint density at radius 3 is 2.24 bits per heavy atom. The minimum Gasteiger partial charge on any atom is -0.466 e. The number of hydrogen-bond acceptors (Lipinski definition) is 4. The molecule has 1 aromatic heterocycles. The van der Waals surface area contributed by atoms with Crippen LogP contribution in [0.4, 0.5) is 17.6 Å². The van der Waals surface area contributed by atoms with E-state index in [1.807, 2.05) is 0 Å². The molecular formula is C24H14F4N2O3. The quantitative estimate of drug-likeness (QED) is 0.409. The van der Waals surface area contributed by atoms with Crippen LogP contribution in [0, 0.1) is 5.82 Å². The second-order valence-corrected chi connectivity index (χ2v) is 7.57. The molecule has 2 aromatic carbocycles. The molecular weight excluding hydrogens is 440 g/mol. The van der Waals surface area contributed by atoms with Gasteiger partial charge in [-0.2, -0.15) is 13.2 Å². The summed E-state index contributed by atoms with van der Waals surface area (Å²) in [5, 5.41) is 0. The van der Waals surface area contributed by atoms with E-state index in [2.05, 4.69) is 9.72 Å². The Bertz CT molecular complexity index is 1300. The number of pyridine rings is 1. The molecule has 0 saturated heterocycles. The minimum atomic E-state index is -4.64. The number of alkyl halides is 3. The smallest absolute Gasteiger partial charge is 0.422 e. The van der Waals surface area contributed by atoms with E-state index in [0.717, 1.165) is 22.7 Å². The minimum absolute atomic E-state index is 0.213. The van der Waals surface area contributed by atoms with Gasteiger partial charge in [0.1, 0.15) is 0 Å². The van der Waals surface area contributed by atoms with Gasteiger partial charge in [-0.15, -0.1) is 0 Å². The van der Waals surface area contributed by atoms with Crippen molar-refractivity contribution in [1.29, 1.82) is 0 Å². The van der Waals surface area contributed by atoms with Crippen LogP contribution in [0.3, 0.4) is 0 Å². The molecule has 1 aliphatic carbocycles. The Morgan fingerprint density at radius 2 is 1.61 bits per heavy atom. The highest BCUT2D eigenvalue weighted by Gasteiger charge is 2.44. The van der Waals surface area contributed by atoms with Gasteiger partial charge in [-0.25, -0.2) is 9.37 Å². The summed E-state index contributed by atoms with van der Waals surface area (Å²) in [6, 6.07) is 13.7. The van der Waals surface area contributed by atoms with Crippen molar-refractivity contribution in [3.8, 4) is 5.88 Å². The second-order valence-electron chi connectivity index (χ2n) is 7.57. The zero-order valence-electron chi connectivity index (χ0n) is 16.8. The monoisotopic (exact) mass is 454 g/mol. The number of amides is 2. The van der Waals surface area contributed by atoms with Gasteiger partial charge in [0, 0.05) is 11.8 Å². The average molecular weight is 454 g/mol. The fourth-order valence-corrected chi connectivity index (χ4v) is 4.11. The summed E-state index contributed by atoms with van der Waals surface area (Å²) in [6.07, 6.45) is -1.77. The van der Waals surface area contributed by atoms with Gasteiger partial charge in [-0.3, -0.25) is 14.5 Å². The molecule has 1 unspecified atom stereocenters. The molecule has 2 amide bonds. The Kier molecular flexibility index (Phi) is 4.77. The molecule has 1 atom stereocenters. The standard InChI is InChI=1S/C24H14F4N2O3/c25-19-10-14(11-29-21(19)33-12-24(26,27)28)18-9-13-5-1-2-6-15(13)20(18)30-22(31)16-7-3-4-8-17(16)23(30)32/h1-11,20H,12H2. The van der Waals surface area contributed by atoms with Crippen molar-refractivity contribution in [2.45, 2.75) is 12.2 Å². The Morgan fingerprint density at radius 1 is 0.970 bits per heavy atom. The number of hydrogen-bond donors (Lipinski definition) is 0. The summed E-state index contributed by atoms with van der Waals surface area (Å²) < 4.78 is 56.2. The summed E-state index contributed by atoms with van der Waals surface area (Å²) in [6.45, 7) is -1.68. The van der Waals surface area contributed by atoms with Crippen LogP contribution in [0.15, 0.2) is 60.8 Å². The zero-order chi connectivity index (χ0) is 23.3. The number of rotatable bonds is 4. The molecule has 166 valence electrons. The van der Waals surface area contributed by atoms with Crippen LogP contribution < -0.4 is 4.74 Å². The number of aromatic nitrogens is 1. The number of ether oxygens (including phenoxy) is 1. The van der Waals surface area contributed by atoms with Crippen LogP contribution >= 0.6 is 0 Å².